The van der Waals surface area contributed by atoms with Crippen molar-refractivity contribution >= 4 is 34.9 Å². The fourth-order valence-corrected chi connectivity index (χ4v) is 4.50. The maximum Gasteiger partial charge on any atom is 0.490 e. The van der Waals surface area contributed by atoms with Crippen LogP contribution in [0.4, 0.5) is 36.2 Å². The molecule has 206 valence electrons. The molecule has 2 aliphatic heterocycles. The molecule has 9 nitrogen and oxygen atoms in total. The Morgan fingerprint density at radius 3 is 2.10 bits per heavy atom. The molecule has 0 saturated carbocycles. The third kappa shape index (κ3) is 6.57. The van der Waals surface area contributed by atoms with E-state index in [1.807, 2.05) is 36.1 Å². The van der Waals surface area contributed by atoms with Gasteiger partial charge in [0.15, 0.2) is 11.6 Å². The zero-order valence-electron chi connectivity index (χ0n) is 21.3. The van der Waals surface area contributed by atoms with E-state index < -0.39 is 12.1 Å². The van der Waals surface area contributed by atoms with Gasteiger partial charge in [0.2, 0.25) is 5.91 Å². The van der Waals surface area contributed by atoms with Crippen LogP contribution in [-0.4, -0.2) is 65.3 Å². The second-order valence-corrected chi connectivity index (χ2v) is 9.02. The minimum Gasteiger partial charge on any atom is -0.475 e. The molecule has 2 aromatic carbocycles. The number of benzene rings is 2. The Hall–Kier alpha value is -4.35. The van der Waals surface area contributed by atoms with E-state index in [9.17, 15) is 18.0 Å². The van der Waals surface area contributed by atoms with Crippen molar-refractivity contribution in [2.75, 3.05) is 46.2 Å². The normalized spacial score (nSPS) is 17.1. The zero-order chi connectivity index (χ0) is 28.0. The van der Waals surface area contributed by atoms with Crippen LogP contribution in [0.25, 0.3) is 0 Å². The first-order valence-corrected chi connectivity index (χ1v) is 12.5. The number of rotatable bonds is 5. The highest BCUT2D eigenvalue weighted by atomic mass is 19.4. The number of hydrogen-bond donors (Lipinski definition) is 2. The monoisotopic (exact) mass is 542 g/mol. The molecule has 1 aromatic heterocycles. The van der Waals surface area contributed by atoms with Crippen molar-refractivity contribution in [2.45, 2.75) is 32.1 Å². The van der Waals surface area contributed by atoms with Gasteiger partial charge in [0.05, 0.1) is 6.54 Å². The lowest BCUT2D eigenvalue weighted by Crippen LogP contribution is -2.50. The first-order valence-electron chi connectivity index (χ1n) is 12.5. The second kappa shape index (κ2) is 12.0. The average molecular weight is 543 g/mol. The van der Waals surface area contributed by atoms with Gasteiger partial charge < -0.3 is 20.2 Å². The molecule has 1 amide bonds. The molecule has 3 heterocycles. The van der Waals surface area contributed by atoms with Crippen molar-refractivity contribution in [3.8, 4) is 0 Å². The van der Waals surface area contributed by atoms with Crippen LogP contribution in [0, 0.1) is 0 Å². The summed E-state index contributed by atoms with van der Waals surface area (Å²) < 4.78 is 31.7. The van der Waals surface area contributed by atoms with Gasteiger partial charge in [-0.25, -0.2) is 14.8 Å². The number of fused-ring (bicyclic) bond motifs is 1. The number of anilines is 4. The SMILES string of the molecule is CCC1Nc2ncnc(N3CCN(c4ccccc4)CC3)c2N(Cc2ccccc2)C1=O.O=C(O)C(F)(F)F. The van der Waals surface area contributed by atoms with Gasteiger partial charge in [-0.3, -0.25) is 9.69 Å². The van der Waals surface area contributed by atoms with E-state index in [4.69, 9.17) is 9.90 Å². The van der Waals surface area contributed by atoms with Crippen molar-refractivity contribution in [3.63, 3.8) is 0 Å². The number of carboxylic acids is 1. The molecule has 39 heavy (non-hydrogen) atoms. The van der Waals surface area contributed by atoms with Gasteiger partial charge in [0, 0.05) is 31.9 Å². The lowest BCUT2D eigenvalue weighted by molar-refractivity contribution is -0.192. The fourth-order valence-electron chi connectivity index (χ4n) is 4.50. The number of amides is 1. The van der Waals surface area contributed by atoms with Crippen LogP contribution in [0.5, 0.6) is 0 Å². The van der Waals surface area contributed by atoms with Crippen LogP contribution in [-0.2, 0) is 16.1 Å². The molecule has 1 fully saturated rings. The smallest absolute Gasteiger partial charge is 0.475 e. The van der Waals surface area contributed by atoms with E-state index in [2.05, 4.69) is 61.5 Å². The van der Waals surface area contributed by atoms with E-state index in [0.29, 0.717) is 13.0 Å². The largest absolute Gasteiger partial charge is 0.490 e. The maximum absolute atomic E-state index is 13.4. The summed E-state index contributed by atoms with van der Waals surface area (Å²) in [6, 6.07) is 20.3. The van der Waals surface area contributed by atoms with E-state index >= 15 is 0 Å². The van der Waals surface area contributed by atoms with E-state index in [0.717, 1.165) is 49.1 Å². The Morgan fingerprint density at radius 1 is 0.974 bits per heavy atom. The highest BCUT2D eigenvalue weighted by Gasteiger charge is 2.38. The lowest BCUT2D eigenvalue weighted by atomic mass is 10.1. The molecular weight excluding hydrogens is 513 g/mol. The topological polar surface area (TPSA) is 102 Å². The van der Waals surface area contributed by atoms with Crippen molar-refractivity contribution in [1.29, 1.82) is 0 Å². The second-order valence-electron chi connectivity index (χ2n) is 9.02. The van der Waals surface area contributed by atoms with Crippen LogP contribution >= 0.6 is 0 Å². The van der Waals surface area contributed by atoms with Gasteiger partial charge in [-0.1, -0.05) is 55.5 Å². The summed E-state index contributed by atoms with van der Waals surface area (Å²) in [6.07, 6.45) is -2.77. The lowest BCUT2D eigenvalue weighted by Gasteiger charge is -2.40. The summed E-state index contributed by atoms with van der Waals surface area (Å²) in [7, 11) is 0. The number of nitrogens with one attached hydrogen (secondary N) is 1. The summed E-state index contributed by atoms with van der Waals surface area (Å²) in [5.41, 5.74) is 3.12. The van der Waals surface area contributed by atoms with Gasteiger partial charge in [0.1, 0.15) is 18.1 Å². The van der Waals surface area contributed by atoms with Gasteiger partial charge in [-0.2, -0.15) is 13.2 Å². The minimum absolute atomic E-state index is 0.0721. The van der Waals surface area contributed by atoms with Crippen molar-refractivity contribution in [1.82, 2.24) is 9.97 Å². The van der Waals surface area contributed by atoms with Crippen LogP contribution in [0.2, 0.25) is 0 Å². The molecule has 0 spiro atoms. The molecule has 0 bridgehead atoms. The molecule has 1 saturated heterocycles. The maximum atomic E-state index is 13.4. The van der Waals surface area contributed by atoms with Crippen LogP contribution < -0.4 is 20.0 Å². The molecule has 3 aromatic rings. The minimum atomic E-state index is -5.08. The third-order valence-corrected chi connectivity index (χ3v) is 6.48. The summed E-state index contributed by atoms with van der Waals surface area (Å²) in [6.45, 7) is 6.01. The Balaban J connectivity index is 0.000000448. The zero-order valence-corrected chi connectivity index (χ0v) is 21.3. The van der Waals surface area contributed by atoms with E-state index in [1.54, 1.807) is 6.33 Å². The third-order valence-electron chi connectivity index (χ3n) is 6.48. The Bertz CT molecular complexity index is 1270. The summed E-state index contributed by atoms with van der Waals surface area (Å²) in [5.74, 6) is -1.12. The van der Waals surface area contributed by atoms with Crippen molar-refractivity contribution < 1.29 is 27.9 Å². The number of carboxylic acid groups (broad SMARTS) is 1. The van der Waals surface area contributed by atoms with E-state index in [-0.39, 0.29) is 11.9 Å². The number of aliphatic carboxylic acids is 1. The van der Waals surface area contributed by atoms with Crippen LogP contribution in [0.3, 0.4) is 0 Å². The summed E-state index contributed by atoms with van der Waals surface area (Å²) >= 11 is 0. The summed E-state index contributed by atoms with van der Waals surface area (Å²) in [4.78, 5) is 38.0. The number of carbonyl (C=O) groups is 2. The van der Waals surface area contributed by atoms with E-state index in [1.165, 1.54) is 5.69 Å². The molecule has 12 heteroatoms. The number of nitrogens with zero attached hydrogens (tertiary/aromatic N) is 5. The highest BCUT2D eigenvalue weighted by Crippen LogP contribution is 2.39. The number of piperazine rings is 1. The van der Waals surface area contributed by atoms with Gasteiger partial charge in [0.25, 0.3) is 0 Å². The molecule has 1 unspecified atom stereocenters. The molecule has 2 N–H and O–H groups in total. The first kappa shape index (κ1) is 27.7. The van der Waals surface area contributed by atoms with Crippen molar-refractivity contribution in [3.05, 3.63) is 72.6 Å². The molecule has 2 aliphatic rings. The quantitative estimate of drug-likeness (QED) is 0.496. The summed E-state index contributed by atoms with van der Waals surface area (Å²) in [5, 5.41) is 10.5. The van der Waals surface area contributed by atoms with Crippen LogP contribution in [0.1, 0.15) is 18.9 Å². The standard InChI is InChI=1S/C25H28N6O.C2HF3O2/c1-2-21-25(32)31(17-19-9-5-3-6-10-19)22-23(28-21)26-18-27-24(22)30-15-13-29(14-16-30)20-11-7-4-8-12-20;3-2(4,5)1(6)7/h3-12,18,21H,2,13-17H2,1H3,(H,26,27,28);(H,6,7). The molecular formula is C27H29F3N6O3. The number of halogens is 3. The predicted octanol–water partition coefficient (Wildman–Crippen LogP) is 4.17. The Labute approximate surface area is 223 Å². The molecule has 0 aliphatic carbocycles. The first-order chi connectivity index (χ1) is 18.7. The van der Waals surface area contributed by atoms with Crippen LogP contribution in [0.15, 0.2) is 67.0 Å². The Kier molecular flexibility index (Phi) is 8.52. The van der Waals surface area contributed by atoms with Gasteiger partial charge >= 0.3 is 12.1 Å². The molecule has 5 rings (SSSR count). The molecule has 0 radical (unpaired) electrons. The molecule has 1 atom stereocenters. The Morgan fingerprint density at radius 2 is 1.54 bits per heavy atom. The number of aromatic nitrogens is 2. The number of hydrogen-bond acceptors (Lipinski definition) is 7. The van der Waals surface area contributed by atoms with Gasteiger partial charge in [-0.15, -0.1) is 0 Å². The number of para-hydroxylation sites is 1. The predicted molar refractivity (Wildman–Crippen MR) is 142 cm³/mol. The number of alkyl halides is 3. The van der Waals surface area contributed by atoms with Crippen molar-refractivity contribution in [2.24, 2.45) is 0 Å². The number of carbonyl (C=O) groups excluding carboxylic acids is 1. The van der Waals surface area contributed by atoms with Gasteiger partial charge in [-0.05, 0) is 24.1 Å². The average Bonchev–Trinajstić information content (AvgIpc) is 2.95. The highest BCUT2D eigenvalue weighted by molar-refractivity contribution is 6.06. The fraction of sp³-hybridized carbons (Fsp3) is 0.333.